The van der Waals surface area contributed by atoms with Crippen LogP contribution in [-0.4, -0.2) is 13.6 Å². The zero-order chi connectivity index (χ0) is 11.8. The van der Waals surface area contributed by atoms with E-state index in [4.69, 9.17) is 0 Å². The summed E-state index contributed by atoms with van der Waals surface area (Å²) in [6.45, 7) is 2.91. The highest BCUT2D eigenvalue weighted by molar-refractivity contribution is 5.31. The Morgan fingerprint density at radius 3 is 2.56 bits per heavy atom. The average molecular weight is 225 g/mol. The highest BCUT2D eigenvalue weighted by Gasteiger charge is 2.44. The van der Waals surface area contributed by atoms with Crippen LogP contribution in [0.2, 0.25) is 0 Å². The summed E-state index contributed by atoms with van der Waals surface area (Å²) >= 11 is 0. The molecule has 1 aromatic rings. The fourth-order valence-electron chi connectivity index (χ4n) is 2.99. The third kappa shape index (κ3) is 1.84. The first-order chi connectivity index (χ1) is 7.57. The molecule has 0 radical (unpaired) electrons. The van der Waals surface area contributed by atoms with Crippen molar-refractivity contribution in [1.29, 1.82) is 0 Å². The number of rotatable bonds is 3. The maximum absolute atomic E-state index is 13.7. The molecule has 0 bridgehead atoms. The van der Waals surface area contributed by atoms with Gasteiger partial charge in [-0.15, -0.1) is 0 Å². The molecule has 0 heterocycles. The highest BCUT2D eigenvalue weighted by atomic mass is 19.1. The second kappa shape index (κ2) is 4.13. The van der Waals surface area contributed by atoms with Crippen LogP contribution >= 0.6 is 0 Å². The lowest BCUT2D eigenvalue weighted by molar-refractivity contribution is 0.150. The molecule has 1 aliphatic rings. The highest BCUT2D eigenvalue weighted by Crippen LogP contribution is 2.47. The van der Waals surface area contributed by atoms with Gasteiger partial charge < -0.3 is 5.32 Å². The van der Waals surface area contributed by atoms with Crippen molar-refractivity contribution in [2.24, 2.45) is 5.92 Å². The van der Waals surface area contributed by atoms with E-state index >= 15 is 0 Å². The molecule has 1 saturated carbocycles. The van der Waals surface area contributed by atoms with Crippen LogP contribution in [0.5, 0.6) is 0 Å². The lowest BCUT2D eigenvalue weighted by Crippen LogP contribution is -2.47. The van der Waals surface area contributed by atoms with Gasteiger partial charge in [0.05, 0.1) is 0 Å². The number of benzene rings is 1. The summed E-state index contributed by atoms with van der Waals surface area (Å²) in [6, 6.07) is 3.92. The third-order valence-corrected chi connectivity index (χ3v) is 3.50. The van der Waals surface area contributed by atoms with Gasteiger partial charge in [0.1, 0.15) is 11.6 Å². The molecule has 88 valence electrons. The van der Waals surface area contributed by atoms with Gasteiger partial charge in [-0.1, -0.05) is 13.0 Å². The van der Waals surface area contributed by atoms with E-state index < -0.39 is 11.6 Å². The molecule has 1 aromatic carbocycles. The SMILES string of the molecule is CNCC1(c2ccc(F)cc2F)CC(C)C1. The molecule has 0 aromatic heterocycles. The normalized spacial score (nSPS) is 28.9. The first-order valence-electron chi connectivity index (χ1n) is 5.67. The van der Waals surface area contributed by atoms with E-state index in [1.54, 1.807) is 6.07 Å². The molecular formula is C13H17F2N. The Kier molecular flexibility index (Phi) is 2.98. The Morgan fingerprint density at radius 2 is 2.06 bits per heavy atom. The molecule has 2 rings (SSSR count). The summed E-state index contributed by atoms with van der Waals surface area (Å²) in [5.74, 6) is -0.298. The number of likely N-dealkylation sites (N-methyl/N-ethyl adjacent to an activating group) is 1. The van der Waals surface area contributed by atoms with E-state index in [0.717, 1.165) is 25.5 Å². The smallest absolute Gasteiger partial charge is 0.129 e. The first kappa shape index (κ1) is 11.5. The maximum atomic E-state index is 13.7. The number of hydrogen-bond acceptors (Lipinski definition) is 1. The number of halogens is 2. The summed E-state index contributed by atoms with van der Waals surface area (Å²) in [6.07, 6.45) is 1.94. The monoisotopic (exact) mass is 225 g/mol. The topological polar surface area (TPSA) is 12.0 Å². The van der Waals surface area contributed by atoms with E-state index in [9.17, 15) is 8.78 Å². The van der Waals surface area contributed by atoms with Crippen LogP contribution in [0.4, 0.5) is 8.78 Å². The van der Waals surface area contributed by atoms with Gasteiger partial charge in [0.2, 0.25) is 0 Å². The fraction of sp³-hybridized carbons (Fsp3) is 0.538. The van der Waals surface area contributed by atoms with Crippen molar-refractivity contribution in [2.75, 3.05) is 13.6 Å². The van der Waals surface area contributed by atoms with Crippen molar-refractivity contribution >= 4 is 0 Å². The van der Waals surface area contributed by atoms with Gasteiger partial charge in [-0.25, -0.2) is 8.78 Å². The van der Waals surface area contributed by atoms with E-state index in [2.05, 4.69) is 12.2 Å². The third-order valence-electron chi connectivity index (χ3n) is 3.50. The summed E-state index contributed by atoms with van der Waals surface area (Å²) in [5, 5.41) is 3.11. The lowest BCUT2D eigenvalue weighted by Gasteiger charge is -2.47. The molecule has 0 atom stereocenters. The molecule has 1 fully saturated rings. The molecule has 3 heteroatoms. The Morgan fingerprint density at radius 1 is 1.38 bits per heavy atom. The molecule has 1 N–H and O–H groups in total. The van der Waals surface area contributed by atoms with Crippen LogP contribution in [0.3, 0.4) is 0 Å². The van der Waals surface area contributed by atoms with E-state index in [1.807, 2.05) is 7.05 Å². The van der Waals surface area contributed by atoms with Gasteiger partial charge >= 0.3 is 0 Å². The van der Waals surface area contributed by atoms with Gasteiger partial charge in [-0.05, 0) is 37.4 Å². The quantitative estimate of drug-likeness (QED) is 0.834. The molecule has 0 saturated heterocycles. The molecule has 0 unspecified atom stereocenters. The van der Waals surface area contributed by atoms with Crippen molar-refractivity contribution in [3.63, 3.8) is 0 Å². The van der Waals surface area contributed by atoms with Crippen molar-refractivity contribution in [3.05, 3.63) is 35.4 Å². The molecule has 1 nitrogen and oxygen atoms in total. The Labute approximate surface area is 94.9 Å². The van der Waals surface area contributed by atoms with E-state index in [0.29, 0.717) is 11.5 Å². The van der Waals surface area contributed by atoms with Crippen LogP contribution in [0.1, 0.15) is 25.3 Å². The molecule has 1 aliphatic carbocycles. The minimum atomic E-state index is -0.506. The number of nitrogens with one attached hydrogen (secondary N) is 1. The van der Waals surface area contributed by atoms with Crippen LogP contribution in [0.15, 0.2) is 18.2 Å². The van der Waals surface area contributed by atoms with Crippen LogP contribution < -0.4 is 5.32 Å². The van der Waals surface area contributed by atoms with Crippen molar-refractivity contribution in [1.82, 2.24) is 5.32 Å². The van der Waals surface area contributed by atoms with Crippen molar-refractivity contribution in [2.45, 2.75) is 25.2 Å². The Hall–Kier alpha value is -0.960. The van der Waals surface area contributed by atoms with Gasteiger partial charge in [0.25, 0.3) is 0 Å². The first-order valence-corrected chi connectivity index (χ1v) is 5.67. The fourth-order valence-corrected chi connectivity index (χ4v) is 2.99. The van der Waals surface area contributed by atoms with Crippen LogP contribution in [0.25, 0.3) is 0 Å². The summed E-state index contributed by atoms with van der Waals surface area (Å²) in [5.41, 5.74) is 0.521. The van der Waals surface area contributed by atoms with Gasteiger partial charge in [-0.3, -0.25) is 0 Å². The van der Waals surface area contributed by atoms with Crippen LogP contribution in [0, 0.1) is 17.6 Å². The van der Waals surface area contributed by atoms with Gasteiger partial charge in [0, 0.05) is 18.0 Å². The summed E-state index contributed by atoms with van der Waals surface area (Å²) < 4.78 is 26.6. The van der Waals surface area contributed by atoms with Crippen LogP contribution in [-0.2, 0) is 5.41 Å². The van der Waals surface area contributed by atoms with Gasteiger partial charge in [0.15, 0.2) is 0 Å². The number of hydrogen-bond donors (Lipinski definition) is 1. The zero-order valence-corrected chi connectivity index (χ0v) is 9.69. The second-order valence-corrected chi connectivity index (χ2v) is 4.95. The average Bonchev–Trinajstić information content (AvgIpc) is 2.15. The van der Waals surface area contributed by atoms with Crippen molar-refractivity contribution in [3.8, 4) is 0 Å². The molecule has 0 amide bonds. The Bertz CT molecular complexity index is 378. The second-order valence-electron chi connectivity index (χ2n) is 4.95. The minimum absolute atomic E-state index is 0.133. The summed E-state index contributed by atoms with van der Waals surface area (Å²) in [7, 11) is 1.87. The van der Waals surface area contributed by atoms with Gasteiger partial charge in [-0.2, -0.15) is 0 Å². The predicted octanol–water partition coefficient (Wildman–Crippen LogP) is 2.85. The summed E-state index contributed by atoms with van der Waals surface area (Å²) in [4.78, 5) is 0. The minimum Gasteiger partial charge on any atom is -0.319 e. The Balaban J connectivity index is 2.33. The molecule has 0 spiro atoms. The zero-order valence-electron chi connectivity index (χ0n) is 9.69. The standard InChI is InChI=1S/C13H17F2N/c1-9-6-13(7-9,8-16-2)11-4-3-10(14)5-12(11)15/h3-5,9,16H,6-8H2,1-2H3. The lowest BCUT2D eigenvalue weighted by atomic mass is 9.59. The predicted molar refractivity (Wildman–Crippen MR) is 60.4 cm³/mol. The van der Waals surface area contributed by atoms with E-state index in [1.165, 1.54) is 6.07 Å². The molecule has 0 aliphatic heterocycles. The molecule has 16 heavy (non-hydrogen) atoms. The maximum Gasteiger partial charge on any atom is 0.129 e. The van der Waals surface area contributed by atoms with Crippen molar-refractivity contribution < 1.29 is 8.78 Å². The largest absolute Gasteiger partial charge is 0.319 e. The molecular weight excluding hydrogens is 208 g/mol. The van der Waals surface area contributed by atoms with E-state index in [-0.39, 0.29) is 5.41 Å².